The first-order valence-corrected chi connectivity index (χ1v) is 17.1. The molecular formula is C34H38F2N6O5S. The summed E-state index contributed by atoms with van der Waals surface area (Å²) in [4.78, 5) is 27.9. The summed E-state index contributed by atoms with van der Waals surface area (Å²) >= 11 is 0. The van der Waals surface area contributed by atoms with Crippen LogP contribution in [0.1, 0.15) is 52.5 Å². The number of sulfonamides is 1. The first-order valence-electron chi connectivity index (χ1n) is 15.5. The molecule has 1 saturated heterocycles. The molecule has 0 saturated carbocycles. The van der Waals surface area contributed by atoms with Crippen molar-refractivity contribution in [1.82, 2.24) is 19.9 Å². The highest BCUT2D eigenvalue weighted by Gasteiger charge is 2.28. The van der Waals surface area contributed by atoms with Gasteiger partial charge in [-0.2, -0.15) is 0 Å². The Hall–Kier alpha value is -4.85. The maximum atomic E-state index is 15.0. The fraction of sp³-hybridized carbons (Fsp3) is 0.353. The number of allylic oxidation sites excluding steroid dienone is 1. The number of pyridine rings is 1. The fourth-order valence-electron chi connectivity index (χ4n) is 5.23. The Kier molecular flexibility index (Phi) is 10.1. The van der Waals surface area contributed by atoms with Gasteiger partial charge < -0.3 is 19.7 Å². The summed E-state index contributed by atoms with van der Waals surface area (Å²) < 4.78 is 68.0. The van der Waals surface area contributed by atoms with E-state index in [-0.39, 0.29) is 35.5 Å². The average molecular weight is 681 g/mol. The molecule has 1 aliphatic heterocycles. The van der Waals surface area contributed by atoms with Crippen LogP contribution in [0.4, 0.5) is 25.2 Å². The average Bonchev–Trinajstić information content (AvgIpc) is 3.03. The molecule has 1 fully saturated rings. The van der Waals surface area contributed by atoms with E-state index in [1.165, 1.54) is 13.0 Å². The van der Waals surface area contributed by atoms with Crippen molar-refractivity contribution in [2.24, 2.45) is 0 Å². The predicted octanol–water partition coefficient (Wildman–Crippen LogP) is 7.71. The molecule has 11 nitrogen and oxygen atoms in total. The zero-order valence-electron chi connectivity index (χ0n) is 27.4. The number of likely N-dealkylation sites (tertiary alicyclic amines) is 1. The third kappa shape index (κ3) is 8.35. The molecule has 14 heteroatoms. The molecule has 0 radical (unpaired) electrons. The third-order valence-electron chi connectivity index (χ3n) is 7.47. The molecule has 3 heterocycles. The van der Waals surface area contributed by atoms with Crippen molar-refractivity contribution in [2.75, 3.05) is 23.1 Å². The fourth-order valence-corrected chi connectivity index (χ4v) is 6.29. The molecule has 48 heavy (non-hydrogen) atoms. The largest absolute Gasteiger partial charge is 0.444 e. The Morgan fingerprint density at radius 3 is 2.62 bits per heavy atom. The van der Waals surface area contributed by atoms with Gasteiger partial charge in [0, 0.05) is 42.3 Å². The van der Waals surface area contributed by atoms with Crippen LogP contribution in [0.2, 0.25) is 0 Å². The molecule has 4 aromatic rings. The van der Waals surface area contributed by atoms with E-state index >= 15 is 4.39 Å². The van der Waals surface area contributed by atoms with E-state index in [0.29, 0.717) is 52.4 Å². The smallest absolute Gasteiger partial charge is 0.410 e. The molecule has 0 spiro atoms. The van der Waals surface area contributed by atoms with Crippen LogP contribution in [-0.2, 0) is 14.8 Å². The molecular weight excluding hydrogens is 642 g/mol. The molecule has 0 unspecified atom stereocenters. The number of halogens is 2. The summed E-state index contributed by atoms with van der Waals surface area (Å²) in [7, 11) is -4.34. The normalized spacial score (nSPS) is 15.7. The van der Waals surface area contributed by atoms with Gasteiger partial charge in [-0.25, -0.2) is 36.9 Å². The minimum atomic E-state index is -4.34. The minimum Gasteiger partial charge on any atom is -0.444 e. The lowest BCUT2D eigenvalue weighted by Gasteiger charge is -2.34. The van der Waals surface area contributed by atoms with Gasteiger partial charge in [0.15, 0.2) is 0 Å². The number of carbonyl (C=O) groups excluding carboxylic acids is 1. The van der Waals surface area contributed by atoms with Crippen LogP contribution in [0.3, 0.4) is 0 Å². The Bertz CT molecular complexity index is 1970. The number of amides is 1. The van der Waals surface area contributed by atoms with Crippen molar-refractivity contribution >= 4 is 38.5 Å². The third-order valence-corrected chi connectivity index (χ3v) is 8.52. The van der Waals surface area contributed by atoms with E-state index in [1.54, 1.807) is 54.5 Å². The minimum absolute atomic E-state index is 0.0922. The number of fused-ring (bicyclic) bond motifs is 1. The van der Waals surface area contributed by atoms with Crippen molar-refractivity contribution < 1.29 is 31.5 Å². The number of piperidine rings is 1. The molecule has 2 aromatic carbocycles. The van der Waals surface area contributed by atoms with Crippen LogP contribution < -0.4 is 14.8 Å². The Morgan fingerprint density at radius 1 is 1.10 bits per heavy atom. The Morgan fingerprint density at radius 2 is 1.88 bits per heavy atom. The van der Waals surface area contributed by atoms with Crippen molar-refractivity contribution in [3.63, 3.8) is 0 Å². The number of anilines is 2. The maximum Gasteiger partial charge on any atom is 0.410 e. The highest BCUT2D eigenvalue weighted by Crippen LogP contribution is 2.40. The molecule has 0 aliphatic carbocycles. The van der Waals surface area contributed by atoms with Crippen molar-refractivity contribution in [1.29, 1.82) is 0 Å². The van der Waals surface area contributed by atoms with E-state index in [0.717, 1.165) is 18.9 Å². The van der Waals surface area contributed by atoms with Crippen LogP contribution in [-0.4, -0.2) is 59.1 Å². The van der Waals surface area contributed by atoms with E-state index in [4.69, 9.17) is 14.5 Å². The molecule has 5 rings (SSSR count). The van der Waals surface area contributed by atoms with E-state index in [2.05, 4.69) is 20.0 Å². The number of hydrogen-bond donors (Lipinski definition) is 2. The van der Waals surface area contributed by atoms with Crippen LogP contribution in [0.15, 0.2) is 66.1 Å². The standard InChI is InChI=1S/C34H38F2N6O5S/c1-6-22(35)20-48(44,45)41-29-24-12-11-21(2)30(25(24)13-14-27(29)36)46-31-26(10-7-16-37-31)28-15-17-38-32(40-28)39-23-9-8-18-42(19-23)33(43)47-34(3,4)5/h7,10-17,20,23,41H,6,8-9,18-19H2,1-5H3,(H,38,39,40)/b22-20-/t23-/m0/s1. The van der Waals surface area contributed by atoms with E-state index in [9.17, 15) is 17.6 Å². The second-order valence-corrected chi connectivity index (χ2v) is 14.0. The SMILES string of the molecule is CC/C(F)=C/S(=O)(=O)Nc1c(F)ccc2c(Oc3ncccc3-c3ccnc(N[C@H]4CCCN(C(=O)OC(C)(C)C)C4)n3)c(C)ccc12. The monoisotopic (exact) mass is 680 g/mol. The van der Waals surface area contributed by atoms with Crippen molar-refractivity contribution in [2.45, 2.75) is 65.5 Å². The number of ether oxygens (including phenoxy) is 2. The molecule has 254 valence electrons. The summed E-state index contributed by atoms with van der Waals surface area (Å²) in [6, 6.07) is 11.0. The number of nitrogens with zero attached hydrogens (tertiary/aromatic N) is 4. The molecule has 0 bridgehead atoms. The summed E-state index contributed by atoms with van der Waals surface area (Å²) in [6.07, 6.45) is 4.29. The van der Waals surface area contributed by atoms with Crippen LogP contribution in [0.25, 0.3) is 22.0 Å². The highest BCUT2D eigenvalue weighted by molar-refractivity contribution is 7.95. The van der Waals surface area contributed by atoms with E-state index < -0.39 is 27.3 Å². The van der Waals surface area contributed by atoms with Gasteiger partial charge in [0.05, 0.1) is 22.4 Å². The van der Waals surface area contributed by atoms with E-state index in [1.807, 2.05) is 20.8 Å². The van der Waals surface area contributed by atoms with Crippen molar-refractivity contribution in [3.05, 3.63) is 77.5 Å². The Labute approximate surface area is 278 Å². The highest BCUT2D eigenvalue weighted by atomic mass is 32.2. The molecule has 1 amide bonds. The number of nitrogens with one attached hydrogen (secondary N) is 2. The van der Waals surface area contributed by atoms with Gasteiger partial charge in [-0.3, -0.25) is 4.72 Å². The predicted molar refractivity (Wildman–Crippen MR) is 180 cm³/mol. The van der Waals surface area contributed by atoms with Gasteiger partial charge in [0.25, 0.3) is 10.0 Å². The quantitative estimate of drug-likeness (QED) is 0.182. The molecule has 2 aromatic heterocycles. The molecule has 1 atom stereocenters. The van der Waals surface area contributed by atoms with Gasteiger partial charge in [-0.15, -0.1) is 0 Å². The number of aryl methyl sites for hydroxylation is 1. The second kappa shape index (κ2) is 14.1. The molecule has 1 aliphatic rings. The summed E-state index contributed by atoms with van der Waals surface area (Å²) in [5.74, 6) is -0.820. The summed E-state index contributed by atoms with van der Waals surface area (Å²) in [5.41, 5.74) is 0.802. The number of rotatable bonds is 9. The topological polar surface area (TPSA) is 136 Å². The van der Waals surface area contributed by atoms with Gasteiger partial charge in [-0.1, -0.05) is 19.1 Å². The first-order chi connectivity index (χ1) is 22.7. The van der Waals surface area contributed by atoms with Crippen LogP contribution in [0.5, 0.6) is 11.6 Å². The lowest BCUT2D eigenvalue weighted by atomic mass is 10.0. The number of hydrogen-bond acceptors (Lipinski definition) is 9. The van der Waals surface area contributed by atoms with Gasteiger partial charge in [-0.05, 0) is 82.9 Å². The first kappa shape index (κ1) is 34.5. The van der Waals surface area contributed by atoms with Crippen LogP contribution >= 0.6 is 0 Å². The van der Waals surface area contributed by atoms with Gasteiger partial charge >= 0.3 is 6.09 Å². The number of benzene rings is 2. The lowest BCUT2D eigenvalue weighted by Crippen LogP contribution is -2.47. The second-order valence-electron chi connectivity index (χ2n) is 12.4. The zero-order valence-corrected chi connectivity index (χ0v) is 28.2. The summed E-state index contributed by atoms with van der Waals surface area (Å²) in [6.45, 7) is 9.80. The number of carbonyl (C=O) groups is 1. The zero-order chi connectivity index (χ0) is 34.6. The maximum absolute atomic E-state index is 15.0. The molecule has 2 N–H and O–H groups in total. The van der Waals surface area contributed by atoms with Gasteiger partial charge in [0.1, 0.15) is 23.0 Å². The van der Waals surface area contributed by atoms with Crippen molar-refractivity contribution in [3.8, 4) is 22.9 Å². The van der Waals surface area contributed by atoms with Gasteiger partial charge in [0.2, 0.25) is 11.8 Å². The lowest BCUT2D eigenvalue weighted by molar-refractivity contribution is 0.0206. The summed E-state index contributed by atoms with van der Waals surface area (Å²) in [5, 5.41) is 4.39. The number of aromatic nitrogens is 3. The van der Waals surface area contributed by atoms with Crippen LogP contribution in [0, 0.1) is 12.7 Å². The Balaban J connectivity index is 1.42.